The van der Waals surface area contributed by atoms with Gasteiger partial charge in [0.1, 0.15) is 11.5 Å². The number of thioether (sulfide) groups is 1. The van der Waals surface area contributed by atoms with Gasteiger partial charge in [0.25, 0.3) is 17.1 Å². The number of ether oxygens (including phenoxy) is 2. The maximum Gasteiger partial charge on any atom is 0.290 e. The zero-order valence-corrected chi connectivity index (χ0v) is 16.9. The number of amides is 3. The number of carbonyl (C=O) groups is 3. The number of hydrogen-bond acceptors (Lipinski definition) is 6. The van der Waals surface area contributed by atoms with Crippen molar-refractivity contribution >= 4 is 52.2 Å². The summed E-state index contributed by atoms with van der Waals surface area (Å²) in [5.74, 6) is 0.0437. The van der Waals surface area contributed by atoms with Crippen LogP contribution < -0.4 is 20.1 Å². The lowest BCUT2D eigenvalue weighted by atomic mass is 10.2. The van der Waals surface area contributed by atoms with E-state index in [0.717, 1.165) is 11.8 Å². The van der Waals surface area contributed by atoms with Crippen molar-refractivity contribution in [2.45, 2.75) is 6.92 Å². The van der Waals surface area contributed by atoms with Gasteiger partial charge in [0.05, 0.1) is 17.2 Å². The Morgan fingerprint density at radius 3 is 2.69 bits per heavy atom. The molecule has 0 bridgehead atoms. The Bertz CT molecular complexity index is 993. The maximum absolute atomic E-state index is 12.3. The van der Waals surface area contributed by atoms with Crippen LogP contribution in [0.5, 0.6) is 11.5 Å². The maximum atomic E-state index is 12.3. The van der Waals surface area contributed by atoms with E-state index in [2.05, 4.69) is 10.6 Å². The molecule has 1 saturated heterocycles. The third-order valence-electron chi connectivity index (χ3n) is 3.72. The highest BCUT2D eigenvalue weighted by Crippen LogP contribution is 2.31. The van der Waals surface area contributed by atoms with Gasteiger partial charge in [-0.15, -0.1) is 0 Å². The van der Waals surface area contributed by atoms with Gasteiger partial charge >= 0.3 is 0 Å². The standard InChI is InChI=1S/C20H17ClN2O5S/c1-2-27-16-6-4-3-5-14(16)22-18(24)11-28-15-8-7-13(21)9-12(15)10-17-19(25)23-20(26)29-17/h3-10H,2,11H2,1H3,(H,22,24)(H,23,25,26)/b17-10-. The molecule has 3 amide bonds. The van der Waals surface area contributed by atoms with Crippen molar-refractivity contribution in [3.05, 3.63) is 58.0 Å². The lowest BCUT2D eigenvalue weighted by Crippen LogP contribution is -2.21. The van der Waals surface area contributed by atoms with Crippen molar-refractivity contribution in [2.24, 2.45) is 0 Å². The van der Waals surface area contributed by atoms with Gasteiger partial charge in [0.2, 0.25) is 0 Å². The topological polar surface area (TPSA) is 93.7 Å². The van der Waals surface area contributed by atoms with Crippen molar-refractivity contribution in [1.29, 1.82) is 0 Å². The summed E-state index contributed by atoms with van der Waals surface area (Å²) in [7, 11) is 0. The molecule has 0 unspecified atom stereocenters. The van der Waals surface area contributed by atoms with Gasteiger partial charge in [-0.1, -0.05) is 23.7 Å². The van der Waals surface area contributed by atoms with Gasteiger partial charge in [0.15, 0.2) is 6.61 Å². The Morgan fingerprint density at radius 1 is 1.17 bits per heavy atom. The lowest BCUT2D eigenvalue weighted by molar-refractivity contribution is -0.118. The fourth-order valence-electron chi connectivity index (χ4n) is 2.51. The molecule has 0 aliphatic carbocycles. The Morgan fingerprint density at radius 2 is 1.97 bits per heavy atom. The van der Waals surface area contributed by atoms with Gasteiger partial charge in [0, 0.05) is 10.6 Å². The molecule has 1 fully saturated rings. The van der Waals surface area contributed by atoms with Crippen molar-refractivity contribution in [1.82, 2.24) is 5.32 Å². The minimum Gasteiger partial charge on any atom is -0.492 e. The second kappa shape index (κ2) is 9.49. The summed E-state index contributed by atoms with van der Waals surface area (Å²) in [5.41, 5.74) is 1.02. The number of halogens is 1. The molecule has 0 radical (unpaired) electrons. The lowest BCUT2D eigenvalue weighted by Gasteiger charge is -2.13. The highest BCUT2D eigenvalue weighted by atomic mass is 35.5. The van der Waals surface area contributed by atoms with Crippen molar-refractivity contribution < 1.29 is 23.9 Å². The predicted octanol–water partition coefficient (Wildman–Crippen LogP) is 4.08. The molecule has 0 aromatic heterocycles. The second-order valence-electron chi connectivity index (χ2n) is 5.80. The van der Waals surface area contributed by atoms with E-state index >= 15 is 0 Å². The summed E-state index contributed by atoms with van der Waals surface area (Å²) >= 11 is 6.82. The molecule has 0 spiro atoms. The zero-order chi connectivity index (χ0) is 20.8. The summed E-state index contributed by atoms with van der Waals surface area (Å²) in [4.78, 5) is 35.6. The SMILES string of the molecule is CCOc1ccccc1NC(=O)COc1ccc(Cl)cc1/C=C1\SC(=O)NC1=O. The quantitative estimate of drug-likeness (QED) is 0.640. The molecule has 1 aliphatic rings. The average molecular weight is 433 g/mol. The minimum absolute atomic E-state index is 0.220. The van der Waals surface area contributed by atoms with Gasteiger partial charge in [-0.05, 0) is 55.1 Å². The smallest absolute Gasteiger partial charge is 0.290 e. The second-order valence-corrected chi connectivity index (χ2v) is 7.25. The molecule has 7 nitrogen and oxygen atoms in total. The number of anilines is 1. The number of imide groups is 1. The Hall–Kier alpha value is -2.97. The predicted molar refractivity (Wildman–Crippen MR) is 112 cm³/mol. The zero-order valence-electron chi connectivity index (χ0n) is 15.4. The number of para-hydroxylation sites is 2. The van der Waals surface area contributed by atoms with Crippen molar-refractivity contribution in [3.8, 4) is 11.5 Å². The van der Waals surface area contributed by atoms with E-state index < -0.39 is 11.1 Å². The van der Waals surface area contributed by atoms with E-state index in [-0.39, 0.29) is 17.4 Å². The third kappa shape index (κ3) is 5.52. The van der Waals surface area contributed by atoms with Crippen LogP contribution in [0.25, 0.3) is 6.08 Å². The molecule has 2 N–H and O–H groups in total. The molecular formula is C20H17ClN2O5S. The number of carbonyl (C=O) groups excluding carboxylic acids is 3. The Kier molecular flexibility index (Phi) is 6.79. The number of nitrogens with one attached hydrogen (secondary N) is 2. The molecule has 2 aromatic rings. The highest BCUT2D eigenvalue weighted by Gasteiger charge is 2.25. The first-order valence-electron chi connectivity index (χ1n) is 8.65. The first-order chi connectivity index (χ1) is 14.0. The fraction of sp³-hybridized carbons (Fsp3) is 0.150. The van der Waals surface area contributed by atoms with Crippen molar-refractivity contribution in [3.63, 3.8) is 0 Å². The first-order valence-corrected chi connectivity index (χ1v) is 9.84. The molecule has 0 saturated carbocycles. The van der Waals surface area contributed by atoms with Gasteiger partial charge in [-0.25, -0.2) is 0 Å². The van der Waals surface area contributed by atoms with Crippen LogP contribution in [0.1, 0.15) is 12.5 Å². The molecule has 29 heavy (non-hydrogen) atoms. The van der Waals surface area contributed by atoms with Crippen LogP contribution >= 0.6 is 23.4 Å². The molecule has 3 rings (SSSR count). The number of rotatable bonds is 7. The number of benzene rings is 2. The summed E-state index contributed by atoms with van der Waals surface area (Å²) in [5, 5.41) is 4.90. The number of hydrogen-bond donors (Lipinski definition) is 2. The molecule has 9 heteroatoms. The largest absolute Gasteiger partial charge is 0.492 e. The molecule has 150 valence electrons. The molecule has 0 atom stereocenters. The van der Waals surface area contributed by atoms with E-state index in [9.17, 15) is 14.4 Å². The van der Waals surface area contributed by atoms with Crippen LogP contribution in [0.4, 0.5) is 10.5 Å². The van der Waals surface area contributed by atoms with Crippen LogP contribution in [0.2, 0.25) is 5.02 Å². The van der Waals surface area contributed by atoms with Crippen LogP contribution in [-0.2, 0) is 9.59 Å². The van der Waals surface area contributed by atoms with Gasteiger partial charge < -0.3 is 14.8 Å². The molecule has 2 aromatic carbocycles. The fourth-order valence-corrected chi connectivity index (χ4v) is 3.36. The van der Waals surface area contributed by atoms with E-state index in [0.29, 0.717) is 34.4 Å². The van der Waals surface area contributed by atoms with Crippen LogP contribution in [0.3, 0.4) is 0 Å². The average Bonchev–Trinajstić information content (AvgIpc) is 3.00. The monoisotopic (exact) mass is 432 g/mol. The van der Waals surface area contributed by atoms with E-state index in [1.165, 1.54) is 6.08 Å². The van der Waals surface area contributed by atoms with E-state index in [4.69, 9.17) is 21.1 Å². The molecule has 1 aliphatic heterocycles. The van der Waals surface area contributed by atoms with Crippen LogP contribution in [-0.4, -0.2) is 30.3 Å². The van der Waals surface area contributed by atoms with E-state index in [1.807, 2.05) is 13.0 Å². The Balaban J connectivity index is 1.71. The molecular weight excluding hydrogens is 416 g/mol. The Labute approximate surface area is 176 Å². The van der Waals surface area contributed by atoms with Crippen molar-refractivity contribution in [2.75, 3.05) is 18.5 Å². The van der Waals surface area contributed by atoms with Crippen LogP contribution in [0.15, 0.2) is 47.4 Å². The van der Waals surface area contributed by atoms with E-state index in [1.54, 1.807) is 36.4 Å². The first kappa shape index (κ1) is 20.8. The normalized spacial score (nSPS) is 14.6. The van der Waals surface area contributed by atoms with Crippen LogP contribution in [0, 0.1) is 0 Å². The summed E-state index contributed by atoms with van der Waals surface area (Å²) in [6.07, 6.45) is 1.49. The third-order valence-corrected chi connectivity index (χ3v) is 4.77. The summed E-state index contributed by atoms with van der Waals surface area (Å²) in [6.45, 7) is 2.06. The molecule has 1 heterocycles. The minimum atomic E-state index is -0.490. The van der Waals surface area contributed by atoms with Gasteiger partial charge in [-0.3, -0.25) is 19.7 Å². The van der Waals surface area contributed by atoms with Gasteiger partial charge in [-0.2, -0.15) is 0 Å². The summed E-state index contributed by atoms with van der Waals surface area (Å²) in [6, 6.07) is 11.9. The summed E-state index contributed by atoms with van der Waals surface area (Å²) < 4.78 is 11.1. The highest BCUT2D eigenvalue weighted by molar-refractivity contribution is 8.18.